The van der Waals surface area contributed by atoms with Crippen LogP contribution in [0.1, 0.15) is 27.2 Å². The molecule has 0 spiro atoms. The molecule has 0 aromatic rings. The molecule has 1 heterocycles. The summed E-state index contributed by atoms with van der Waals surface area (Å²) >= 11 is 3.43. The third kappa shape index (κ3) is 5.55. The Balaban J connectivity index is 2.62. The van der Waals surface area contributed by atoms with Crippen molar-refractivity contribution in [2.75, 3.05) is 43.8 Å². The Labute approximate surface area is 120 Å². The fourth-order valence-corrected chi connectivity index (χ4v) is 4.75. The van der Waals surface area contributed by atoms with E-state index < -0.39 is 10.0 Å². The van der Waals surface area contributed by atoms with E-state index in [9.17, 15) is 8.42 Å². The van der Waals surface area contributed by atoms with Crippen LogP contribution in [-0.4, -0.2) is 61.4 Å². The van der Waals surface area contributed by atoms with E-state index in [1.54, 1.807) is 4.31 Å². The summed E-state index contributed by atoms with van der Waals surface area (Å²) in [6.45, 7) is 10.0. The van der Waals surface area contributed by atoms with Crippen molar-refractivity contribution in [2.24, 2.45) is 5.41 Å². The number of rotatable bonds is 4. The van der Waals surface area contributed by atoms with Crippen LogP contribution in [0.5, 0.6) is 0 Å². The standard InChI is InChI=1S/C12H25BrN2O2S/c1-12(2,3)11-18(16,17)15-7-4-6-14(8-5-13)9-10-15/h4-11H2,1-3H3. The molecule has 0 bridgehead atoms. The molecule has 1 aliphatic rings. The second kappa shape index (κ2) is 6.68. The largest absolute Gasteiger partial charge is 0.301 e. The lowest BCUT2D eigenvalue weighted by atomic mass is 10.0. The van der Waals surface area contributed by atoms with Gasteiger partial charge in [0.15, 0.2) is 0 Å². The maximum atomic E-state index is 12.3. The molecule has 1 fully saturated rings. The second-order valence-corrected chi connectivity index (χ2v) is 8.86. The lowest BCUT2D eigenvalue weighted by Gasteiger charge is -2.25. The molecule has 0 aliphatic carbocycles. The quantitative estimate of drug-likeness (QED) is 0.732. The third-order valence-electron chi connectivity index (χ3n) is 2.96. The fraction of sp³-hybridized carbons (Fsp3) is 1.00. The molecular formula is C12H25BrN2O2S. The smallest absolute Gasteiger partial charge is 0.214 e. The highest BCUT2D eigenvalue weighted by atomic mass is 79.9. The lowest BCUT2D eigenvalue weighted by Crippen LogP contribution is -2.39. The molecule has 4 nitrogen and oxygen atoms in total. The summed E-state index contributed by atoms with van der Waals surface area (Å²) in [4.78, 5) is 2.32. The first-order valence-corrected chi connectivity index (χ1v) is 9.24. The molecule has 0 unspecified atom stereocenters. The van der Waals surface area contributed by atoms with Crippen molar-refractivity contribution in [3.63, 3.8) is 0 Å². The second-order valence-electron chi connectivity index (χ2n) is 6.10. The summed E-state index contributed by atoms with van der Waals surface area (Å²) in [5.74, 6) is 0.235. The monoisotopic (exact) mass is 340 g/mol. The first-order valence-electron chi connectivity index (χ1n) is 6.51. The summed E-state index contributed by atoms with van der Waals surface area (Å²) in [5, 5.41) is 0.946. The average Bonchev–Trinajstić information content (AvgIpc) is 2.40. The van der Waals surface area contributed by atoms with Gasteiger partial charge in [-0.25, -0.2) is 12.7 Å². The molecule has 1 aliphatic heterocycles. The molecule has 0 aromatic carbocycles. The van der Waals surface area contributed by atoms with Crippen LogP contribution in [0.4, 0.5) is 0 Å². The molecule has 0 aromatic heterocycles. The van der Waals surface area contributed by atoms with Crippen LogP contribution in [-0.2, 0) is 10.0 Å². The summed E-state index contributed by atoms with van der Waals surface area (Å²) < 4.78 is 26.3. The van der Waals surface area contributed by atoms with Gasteiger partial charge in [-0.3, -0.25) is 0 Å². The van der Waals surface area contributed by atoms with Crippen LogP contribution in [0.25, 0.3) is 0 Å². The topological polar surface area (TPSA) is 40.6 Å². The van der Waals surface area contributed by atoms with E-state index in [1.165, 1.54) is 0 Å². The third-order valence-corrected chi connectivity index (χ3v) is 5.69. The van der Waals surface area contributed by atoms with E-state index in [0.717, 1.165) is 31.4 Å². The van der Waals surface area contributed by atoms with Crippen LogP contribution < -0.4 is 0 Å². The van der Waals surface area contributed by atoms with E-state index in [1.807, 2.05) is 20.8 Å². The Kier molecular flexibility index (Phi) is 6.09. The minimum atomic E-state index is -3.11. The van der Waals surface area contributed by atoms with Gasteiger partial charge < -0.3 is 4.90 Å². The van der Waals surface area contributed by atoms with Crippen molar-refractivity contribution in [1.29, 1.82) is 0 Å². The molecule has 1 rings (SSSR count). The minimum absolute atomic E-state index is 0.180. The lowest BCUT2D eigenvalue weighted by molar-refractivity contribution is 0.304. The van der Waals surface area contributed by atoms with Crippen LogP contribution in [0.3, 0.4) is 0 Å². The number of sulfonamides is 1. The number of halogens is 1. The van der Waals surface area contributed by atoms with Gasteiger partial charge in [0.1, 0.15) is 0 Å². The zero-order valence-corrected chi connectivity index (χ0v) is 14.1. The molecule has 0 N–H and O–H groups in total. The van der Waals surface area contributed by atoms with Gasteiger partial charge in [-0.15, -0.1) is 0 Å². The molecule has 0 atom stereocenters. The van der Waals surface area contributed by atoms with E-state index in [4.69, 9.17) is 0 Å². The van der Waals surface area contributed by atoms with Crippen molar-refractivity contribution >= 4 is 26.0 Å². The number of nitrogens with zero attached hydrogens (tertiary/aromatic N) is 2. The molecule has 6 heteroatoms. The van der Waals surface area contributed by atoms with Gasteiger partial charge in [-0.1, -0.05) is 36.7 Å². The van der Waals surface area contributed by atoms with E-state index in [-0.39, 0.29) is 11.2 Å². The number of alkyl halides is 1. The molecule has 18 heavy (non-hydrogen) atoms. The highest BCUT2D eigenvalue weighted by molar-refractivity contribution is 9.09. The van der Waals surface area contributed by atoms with E-state index in [2.05, 4.69) is 20.8 Å². The van der Waals surface area contributed by atoms with Gasteiger partial charge in [-0.05, 0) is 18.4 Å². The van der Waals surface area contributed by atoms with E-state index >= 15 is 0 Å². The van der Waals surface area contributed by atoms with Crippen LogP contribution in [0, 0.1) is 5.41 Å². The van der Waals surface area contributed by atoms with Gasteiger partial charge in [0.2, 0.25) is 10.0 Å². The predicted molar refractivity (Wildman–Crippen MR) is 79.7 cm³/mol. The molecule has 108 valence electrons. The Morgan fingerprint density at radius 1 is 1.11 bits per heavy atom. The maximum absolute atomic E-state index is 12.3. The highest BCUT2D eigenvalue weighted by Gasteiger charge is 2.29. The van der Waals surface area contributed by atoms with Crippen LogP contribution in [0.15, 0.2) is 0 Å². The van der Waals surface area contributed by atoms with E-state index in [0.29, 0.717) is 13.1 Å². The SMILES string of the molecule is CC(C)(C)CS(=O)(=O)N1CCCN(CCBr)CC1. The molecule has 0 radical (unpaired) electrons. The number of hydrogen-bond acceptors (Lipinski definition) is 3. The molecular weight excluding hydrogens is 316 g/mol. The Hall–Kier alpha value is 0.350. The van der Waals surface area contributed by atoms with Gasteiger partial charge in [-0.2, -0.15) is 0 Å². The van der Waals surface area contributed by atoms with Gasteiger partial charge in [0.25, 0.3) is 0 Å². The summed E-state index contributed by atoms with van der Waals surface area (Å²) in [6.07, 6.45) is 0.927. The normalized spacial score (nSPS) is 20.9. The van der Waals surface area contributed by atoms with Crippen LogP contribution in [0.2, 0.25) is 0 Å². The molecule has 1 saturated heterocycles. The number of hydrogen-bond donors (Lipinski definition) is 0. The fourth-order valence-electron chi connectivity index (χ4n) is 2.21. The first-order chi connectivity index (χ1) is 8.24. The maximum Gasteiger partial charge on any atom is 0.214 e. The predicted octanol–water partition coefficient (Wildman–Crippen LogP) is 1.76. The highest BCUT2D eigenvalue weighted by Crippen LogP contribution is 2.19. The van der Waals surface area contributed by atoms with Gasteiger partial charge in [0, 0.05) is 31.5 Å². The van der Waals surface area contributed by atoms with Crippen LogP contribution >= 0.6 is 15.9 Å². The van der Waals surface area contributed by atoms with Crippen molar-refractivity contribution in [3.8, 4) is 0 Å². The summed E-state index contributed by atoms with van der Waals surface area (Å²) in [5.41, 5.74) is -0.180. The Morgan fingerprint density at radius 2 is 1.78 bits per heavy atom. The Morgan fingerprint density at radius 3 is 2.33 bits per heavy atom. The van der Waals surface area contributed by atoms with Gasteiger partial charge in [0.05, 0.1) is 5.75 Å². The zero-order valence-electron chi connectivity index (χ0n) is 11.7. The molecule has 0 amide bonds. The summed E-state index contributed by atoms with van der Waals surface area (Å²) in [7, 11) is -3.11. The molecule has 0 saturated carbocycles. The average molecular weight is 341 g/mol. The zero-order chi connectivity index (χ0) is 13.8. The minimum Gasteiger partial charge on any atom is -0.301 e. The van der Waals surface area contributed by atoms with Gasteiger partial charge >= 0.3 is 0 Å². The van der Waals surface area contributed by atoms with Crippen molar-refractivity contribution in [1.82, 2.24) is 9.21 Å². The van der Waals surface area contributed by atoms with Crippen molar-refractivity contribution in [3.05, 3.63) is 0 Å². The summed E-state index contributed by atoms with van der Waals surface area (Å²) in [6, 6.07) is 0. The van der Waals surface area contributed by atoms with Crippen molar-refractivity contribution < 1.29 is 8.42 Å². The Bertz CT molecular complexity index is 352. The van der Waals surface area contributed by atoms with Crippen molar-refractivity contribution in [2.45, 2.75) is 27.2 Å². The first kappa shape index (κ1) is 16.4.